The van der Waals surface area contributed by atoms with Gasteiger partial charge in [-0.3, -0.25) is 4.79 Å². The lowest BCUT2D eigenvalue weighted by Crippen LogP contribution is -2.40. The fourth-order valence-corrected chi connectivity index (χ4v) is 3.35. The number of rotatable bonds is 5. The lowest BCUT2D eigenvalue weighted by molar-refractivity contribution is 0.0661. The van der Waals surface area contributed by atoms with Crippen LogP contribution in [0.5, 0.6) is 0 Å². The minimum atomic E-state index is -0.201. The van der Waals surface area contributed by atoms with Gasteiger partial charge in [0.2, 0.25) is 0 Å². The molecule has 1 saturated heterocycles. The minimum absolute atomic E-state index is 0.0212. The number of hydrogen-bond acceptors (Lipinski definition) is 3. The summed E-state index contributed by atoms with van der Waals surface area (Å²) >= 11 is 0. The van der Waals surface area contributed by atoms with E-state index in [9.17, 15) is 9.18 Å². The van der Waals surface area contributed by atoms with Crippen LogP contribution < -0.4 is 0 Å². The average Bonchev–Trinajstić information content (AvgIpc) is 3.09. The van der Waals surface area contributed by atoms with Crippen LogP contribution >= 0.6 is 0 Å². The van der Waals surface area contributed by atoms with Crippen molar-refractivity contribution >= 4 is 5.91 Å². The Morgan fingerprint density at radius 2 is 2.17 bits per heavy atom. The van der Waals surface area contributed by atoms with Crippen molar-refractivity contribution in [3.8, 4) is 0 Å². The van der Waals surface area contributed by atoms with E-state index in [4.69, 9.17) is 4.42 Å². The van der Waals surface area contributed by atoms with Crippen LogP contribution in [0.1, 0.15) is 48.0 Å². The number of oxazole rings is 1. The number of nitrogens with zero attached hydrogens (tertiary/aromatic N) is 2. The zero-order valence-corrected chi connectivity index (χ0v) is 14.0. The van der Waals surface area contributed by atoms with E-state index >= 15 is 0 Å². The first-order valence-corrected chi connectivity index (χ1v) is 8.63. The van der Waals surface area contributed by atoms with Gasteiger partial charge in [-0.1, -0.05) is 19.1 Å². The topological polar surface area (TPSA) is 46.3 Å². The van der Waals surface area contributed by atoms with Crippen molar-refractivity contribution in [1.29, 1.82) is 0 Å². The molecular formula is C19H23FN2O2. The second-order valence-electron chi connectivity index (χ2n) is 6.40. The smallest absolute Gasteiger partial charge is 0.276 e. The monoisotopic (exact) mass is 330 g/mol. The van der Waals surface area contributed by atoms with Crippen LogP contribution in [0.4, 0.5) is 4.39 Å². The van der Waals surface area contributed by atoms with Gasteiger partial charge in [0.25, 0.3) is 5.91 Å². The zero-order chi connectivity index (χ0) is 16.9. The van der Waals surface area contributed by atoms with Crippen LogP contribution in [0.25, 0.3) is 0 Å². The fraction of sp³-hybridized carbons (Fsp3) is 0.474. The van der Waals surface area contributed by atoms with Crippen molar-refractivity contribution in [1.82, 2.24) is 9.88 Å². The number of piperidine rings is 1. The van der Waals surface area contributed by atoms with Gasteiger partial charge in [0.05, 0.1) is 0 Å². The van der Waals surface area contributed by atoms with Crippen LogP contribution in [0.2, 0.25) is 0 Å². The summed E-state index contributed by atoms with van der Waals surface area (Å²) in [6.07, 6.45) is 6.08. The first kappa shape index (κ1) is 16.7. The third-order valence-electron chi connectivity index (χ3n) is 4.73. The molecule has 1 atom stereocenters. The van der Waals surface area contributed by atoms with Crippen LogP contribution in [0.15, 0.2) is 35.1 Å². The summed E-state index contributed by atoms with van der Waals surface area (Å²) in [5.74, 6) is 0.915. The Balaban J connectivity index is 1.58. The van der Waals surface area contributed by atoms with Crippen molar-refractivity contribution in [2.24, 2.45) is 5.92 Å². The molecule has 24 heavy (non-hydrogen) atoms. The zero-order valence-electron chi connectivity index (χ0n) is 14.0. The van der Waals surface area contributed by atoms with Gasteiger partial charge in [0.1, 0.15) is 11.6 Å². The van der Waals surface area contributed by atoms with Crippen molar-refractivity contribution in [2.45, 2.75) is 39.0 Å². The highest BCUT2D eigenvalue weighted by Crippen LogP contribution is 2.23. The summed E-state index contributed by atoms with van der Waals surface area (Å²) in [6.45, 7) is 3.50. The van der Waals surface area contributed by atoms with E-state index in [2.05, 4.69) is 4.98 Å². The summed E-state index contributed by atoms with van der Waals surface area (Å²) < 4.78 is 18.2. The van der Waals surface area contributed by atoms with Crippen molar-refractivity contribution in [3.05, 3.63) is 53.5 Å². The van der Waals surface area contributed by atoms with Gasteiger partial charge in [-0.05, 0) is 49.3 Å². The number of carbonyl (C=O) groups excluding carboxylic acids is 1. The molecule has 1 aliphatic rings. The molecule has 0 bridgehead atoms. The third kappa shape index (κ3) is 3.83. The molecule has 2 aromatic rings. The molecule has 0 aliphatic carbocycles. The maximum Gasteiger partial charge on any atom is 0.276 e. The Labute approximate surface area is 141 Å². The molecule has 3 rings (SSSR count). The highest BCUT2D eigenvalue weighted by Gasteiger charge is 2.27. The Morgan fingerprint density at radius 1 is 1.38 bits per heavy atom. The molecule has 1 fully saturated rings. The molecule has 0 radical (unpaired) electrons. The number of hydrogen-bond donors (Lipinski definition) is 0. The van der Waals surface area contributed by atoms with Crippen molar-refractivity contribution in [2.75, 3.05) is 13.1 Å². The number of likely N-dealkylation sites (tertiary alicyclic amines) is 1. The number of halogens is 1. The second kappa shape index (κ2) is 7.60. The van der Waals surface area contributed by atoms with Crippen LogP contribution in [0, 0.1) is 11.7 Å². The second-order valence-corrected chi connectivity index (χ2v) is 6.40. The number of carbonyl (C=O) groups is 1. The van der Waals surface area contributed by atoms with Crippen molar-refractivity contribution < 1.29 is 13.6 Å². The molecule has 5 heteroatoms. The van der Waals surface area contributed by atoms with Crippen molar-refractivity contribution in [3.63, 3.8) is 0 Å². The predicted molar refractivity (Wildman–Crippen MR) is 89.2 cm³/mol. The molecule has 1 aliphatic heterocycles. The molecule has 1 aromatic heterocycles. The Bertz CT molecular complexity index is 681. The SMILES string of the molecule is CCc1ocnc1C(=O)N1CCC[C@@H](CCc2ccc(F)cc2)C1. The van der Waals surface area contributed by atoms with Crippen LogP contribution in [0.3, 0.4) is 0 Å². The maximum atomic E-state index is 13.0. The standard InChI is InChI=1S/C19H23FN2O2/c1-2-17-18(21-13-24-17)19(23)22-11-3-4-15(12-22)6-5-14-7-9-16(20)10-8-14/h7-10,13,15H,2-6,11-12H2,1H3/t15-/m0/s1. The van der Waals surface area contributed by atoms with Gasteiger partial charge < -0.3 is 9.32 Å². The van der Waals surface area contributed by atoms with E-state index < -0.39 is 0 Å². The quantitative estimate of drug-likeness (QED) is 0.836. The lowest BCUT2D eigenvalue weighted by atomic mass is 9.91. The highest BCUT2D eigenvalue weighted by molar-refractivity contribution is 5.93. The normalized spacial score (nSPS) is 17.9. The molecule has 0 spiro atoms. The third-order valence-corrected chi connectivity index (χ3v) is 4.73. The van der Waals surface area contributed by atoms with Gasteiger partial charge in [0, 0.05) is 19.5 Å². The van der Waals surface area contributed by atoms with Gasteiger partial charge in [0.15, 0.2) is 12.1 Å². The number of aromatic nitrogens is 1. The van der Waals surface area contributed by atoms with Crippen LogP contribution in [-0.4, -0.2) is 28.9 Å². The largest absolute Gasteiger partial charge is 0.448 e. The van der Waals surface area contributed by atoms with E-state index in [0.29, 0.717) is 23.8 Å². The fourth-order valence-electron chi connectivity index (χ4n) is 3.35. The van der Waals surface area contributed by atoms with Crippen LogP contribution in [-0.2, 0) is 12.8 Å². The lowest BCUT2D eigenvalue weighted by Gasteiger charge is -2.32. The van der Waals surface area contributed by atoms with E-state index in [1.807, 2.05) is 24.0 Å². The molecule has 128 valence electrons. The first-order chi connectivity index (χ1) is 11.7. The summed E-state index contributed by atoms with van der Waals surface area (Å²) in [6, 6.07) is 6.68. The minimum Gasteiger partial charge on any atom is -0.448 e. The molecule has 4 nitrogen and oxygen atoms in total. The Morgan fingerprint density at radius 3 is 2.92 bits per heavy atom. The molecule has 0 N–H and O–H groups in total. The maximum absolute atomic E-state index is 13.0. The first-order valence-electron chi connectivity index (χ1n) is 8.63. The molecule has 0 unspecified atom stereocenters. The molecular weight excluding hydrogens is 307 g/mol. The van der Waals surface area contributed by atoms with E-state index in [1.165, 1.54) is 18.5 Å². The number of benzene rings is 1. The van der Waals surface area contributed by atoms with Gasteiger partial charge >= 0.3 is 0 Å². The summed E-state index contributed by atoms with van der Waals surface area (Å²) in [4.78, 5) is 18.7. The van der Waals surface area contributed by atoms with E-state index in [-0.39, 0.29) is 11.7 Å². The average molecular weight is 330 g/mol. The van der Waals surface area contributed by atoms with Gasteiger partial charge in [-0.2, -0.15) is 0 Å². The summed E-state index contributed by atoms with van der Waals surface area (Å²) in [7, 11) is 0. The summed E-state index contributed by atoms with van der Waals surface area (Å²) in [5.41, 5.74) is 1.60. The summed E-state index contributed by atoms with van der Waals surface area (Å²) in [5, 5.41) is 0. The molecule has 2 heterocycles. The van der Waals surface area contributed by atoms with E-state index in [1.54, 1.807) is 0 Å². The van der Waals surface area contributed by atoms with E-state index in [0.717, 1.165) is 44.3 Å². The predicted octanol–water partition coefficient (Wildman–Crippen LogP) is 3.86. The Kier molecular flexibility index (Phi) is 5.28. The van der Waals surface area contributed by atoms with Gasteiger partial charge in [-0.25, -0.2) is 9.37 Å². The molecule has 1 amide bonds. The number of aryl methyl sites for hydroxylation is 2. The molecule has 1 aromatic carbocycles. The van der Waals surface area contributed by atoms with Gasteiger partial charge in [-0.15, -0.1) is 0 Å². The Hall–Kier alpha value is -2.17. The molecule has 0 saturated carbocycles. The number of amides is 1. The highest BCUT2D eigenvalue weighted by atomic mass is 19.1.